The van der Waals surface area contributed by atoms with E-state index in [1.807, 2.05) is 19.2 Å². The molecule has 2 N–H and O–H groups in total. The predicted octanol–water partition coefficient (Wildman–Crippen LogP) is 4.19. The zero-order chi connectivity index (χ0) is 17.6. The van der Waals surface area contributed by atoms with Crippen LogP contribution in [-0.4, -0.2) is 50.1 Å². The van der Waals surface area contributed by atoms with Crippen LogP contribution in [0.3, 0.4) is 0 Å². The van der Waals surface area contributed by atoms with Crippen molar-refractivity contribution in [2.45, 2.75) is 38.1 Å². The van der Waals surface area contributed by atoms with Crippen molar-refractivity contribution in [2.24, 2.45) is 10.9 Å². The summed E-state index contributed by atoms with van der Waals surface area (Å²) in [6.07, 6.45) is 6.04. The highest BCUT2D eigenvalue weighted by Crippen LogP contribution is 2.31. The first kappa shape index (κ1) is 22.1. The fraction of sp³-hybridized carbons (Fsp3) is 0.632. The summed E-state index contributed by atoms with van der Waals surface area (Å²) in [5.74, 6) is 1.64. The molecule has 1 heterocycles. The molecule has 7 heteroatoms. The number of aryl methyl sites for hydroxylation is 1. The zero-order valence-corrected chi connectivity index (χ0v) is 19.2. The number of aliphatic imine (C=N–C) groups is 1. The van der Waals surface area contributed by atoms with Gasteiger partial charge in [-0.1, -0.05) is 29.3 Å². The van der Waals surface area contributed by atoms with Crippen molar-refractivity contribution in [2.75, 3.05) is 33.2 Å². The van der Waals surface area contributed by atoms with Crippen LogP contribution in [0.25, 0.3) is 0 Å². The Bertz CT molecular complexity index is 607. The Labute approximate surface area is 184 Å². The van der Waals surface area contributed by atoms with Crippen molar-refractivity contribution in [3.8, 4) is 0 Å². The summed E-state index contributed by atoms with van der Waals surface area (Å²) in [7, 11) is 1.83. The molecule has 3 rings (SSSR count). The molecule has 1 aliphatic carbocycles. The third kappa shape index (κ3) is 6.73. The van der Waals surface area contributed by atoms with Crippen molar-refractivity contribution in [3.63, 3.8) is 0 Å². The molecule has 1 aliphatic heterocycles. The third-order valence-corrected chi connectivity index (χ3v) is 5.68. The van der Waals surface area contributed by atoms with E-state index in [0.29, 0.717) is 5.02 Å². The van der Waals surface area contributed by atoms with E-state index in [9.17, 15) is 0 Å². The molecule has 1 saturated carbocycles. The molecule has 2 fully saturated rings. The molecule has 4 nitrogen and oxygen atoms in total. The average molecular weight is 511 g/mol. The Balaban J connectivity index is 0.00000243. The van der Waals surface area contributed by atoms with Gasteiger partial charge in [-0.2, -0.15) is 0 Å². The topological polar surface area (TPSA) is 39.7 Å². The first-order chi connectivity index (χ1) is 12.2. The van der Waals surface area contributed by atoms with Crippen molar-refractivity contribution >= 4 is 53.1 Å². The van der Waals surface area contributed by atoms with Gasteiger partial charge in [0, 0.05) is 42.8 Å². The molecule has 0 spiro atoms. The van der Waals surface area contributed by atoms with Crippen molar-refractivity contribution in [1.82, 2.24) is 15.5 Å². The van der Waals surface area contributed by atoms with Crippen LogP contribution in [0.5, 0.6) is 0 Å². The van der Waals surface area contributed by atoms with E-state index in [1.54, 1.807) is 6.07 Å². The lowest BCUT2D eigenvalue weighted by Crippen LogP contribution is -2.40. The number of nitrogens with zero attached hydrogens (tertiary/aromatic N) is 2. The molecule has 1 unspecified atom stereocenters. The number of halogens is 3. The first-order valence-corrected chi connectivity index (χ1v) is 10.0. The monoisotopic (exact) mass is 510 g/mol. The van der Waals surface area contributed by atoms with Gasteiger partial charge in [0.25, 0.3) is 0 Å². The molecular formula is C19H29Cl2IN4. The first-order valence-electron chi connectivity index (χ1n) is 9.28. The van der Waals surface area contributed by atoms with E-state index in [2.05, 4.69) is 20.5 Å². The van der Waals surface area contributed by atoms with Gasteiger partial charge in [-0.05, 0) is 62.3 Å². The Hall–Kier alpha value is -0.240. The van der Waals surface area contributed by atoms with E-state index < -0.39 is 0 Å². The van der Waals surface area contributed by atoms with Gasteiger partial charge in [-0.15, -0.1) is 24.0 Å². The summed E-state index contributed by atoms with van der Waals surface area (Å²) in [5.41, 5.74) is 1.14. The molecule has 0 aromatic heterocycles. The molecule has 2 aliphatic rings. The van der Waals surface area contributed by atoms with Crippen LogP contribution in [0.4, 0.5) is 0 Å². The SMILES string of the molecule is CN=C(NCCCc1ccc(Cl)cc1Cl)NCC1CCN(C2CC2)C1.I. The minimum absolute atomic E-state index is 0. The van der Waals surface area contributed by atoms with Crippen LogP contribution in [-0.2, 0) is 6.42 Å². The number of benzene rings is 1. The number of guanidine groups is 1. The molecule has 26 heavy (non-hydrogen) atoms. The van der Waals surface area contributed by atoms with E-state index in [4.69, 9.17) is 23.2 Å². The van der Waals surface area contributed by atoms with E-state index in [-0.39, 0.29) is 24.0 Å². The minimum Gasteiger partial charge on any atom is -0.356 e. The van der Waals surface area contributed by atoms with Crippen molar-refractivity contribution in [3.05, 3.63) is 33.8 Å². The van der Waals surface area contributed by atoms with E-state index in [0.717, 1.165) is 54.4 Å². The van der Waals surface area contributed by atoms with Gasteiger partial charge in [0.05, 0.1) is 0 Å². The molecule has 146 valence electrons. The lowest BCUT2D eigenvalue weighted by atomic mass is 10.1. The Morgan fingerprint density at radius 1 is 1.23 bits per heavy atom. The van der Waals surface area contributed by atoms with Gasteiger partial charge in [-0.3, -0.25) is 4.99 Å². The van der Waals surface area contributed by atoms with Gasteiger partial charge in [0.2, 0.25) is 0 Å². The summed E-state index contributed by atoms with van der Waals surface area (Å²) >= 11 is 12.1. The quantitative estimate of drug-likeness (QED) is 0.250. The highest BCUT2D eigenvalue weighted by atomic mass is 127. The third-order valence-electron chi connectivity index (χ3n) is 5.09. The summed E-state index contributed by atoms with van der Waals surface area (Å²) in [5, 5.41) is 8.31. The van der Waals surface area contributed by atoms with Gasteiger partial charge < -0.3 is 15.5 Å². The maximum absolute atomic E-state index is 6.21. The standard InChI is InChI=1S/C19H28Cl2N4.HI/c1-22-19(24-12-14-8-10-25(13-14)17-6-7-17)23-9-2-3-15-4-5-16(20)11-18(15)21;/h4-5,11,14,17H,2-3,6-10,12-13H2,1H3,(H2,22,23,24);1H. The molecule has 1 atom stereocenters. The van der Waals surface area contributed by atoms with Gasteiger partial charge in [-0.25, -0.2) is 0 Å². The number of nitrogens with one attached hydrogen (secondary N) is 2. The second-order valence-electron chi connectivity index (χ2n) is 7.10. The highest BCUT2D eigenvalue weighted by molar-refractivity contribution is 14.0. The maximum atomic E-state index is 6.21. The van der Waals surface area contributed by atoms with Gasteiger partial charge >= 0.3 is 0 Å². The molecule has 0 radical (unpaired) electrons. The van der Waals surface area contributed by atoms with Crippen LogP contribution in [0.2, 0.25) is 10.0 Å². The zero-order valence-electron chi connectivity index (χ0n) is 15.3. The number of hydrogen-bond acceptors (Lipinski definition) is 2. The molecule has 1 saturated heterocycles. The van der Waals surface area contributed by atoms with E-state index in [1.165, 1.54) is 32.4 Å². The van der Waals surface area contributed by atoms with Crippen LogP contribution in [0.15, 0.2) is 23.2 Å². The largest absolute Gasteiger partial charge is 0.356 e. The Kier molecular flexibility index (Phi) is 9.27. The van der Waals surface area contributed by atoms with Crippen LogP contribution in [0, 0.1) is 5.92 Å². The van der Waals surface area contributed by atoms with Gasteiger partial charge in [0.15, 0.2) is 5.96 Å². The summed E-state index contributed by atoms with van der Waals surface area (Å²) in [6, 6.07) is 6.59. The lowest BCUT2D eigenvalue weighted by molar-refractivity contribution is 0.314. The predicted molar refractivity (Wildman–Crippen MR) is 122 cm³/mol. The van der Waals surface area contributed by atoms with E-state index >= 15 is 0 Å². The van der Waals surface area contributed by atoms with Gasteiger partial charge in [0.1, 0.15) is 0 Å². The van der Waals surface area contributed by atoms with Crippen LogP contribution >= 0.6 is 47.2 Å². The summed E-state index contributed by atoms with van der Waals surface area (Å²) in [4.78, 5) is 6.98. The second kappa shape index (κ2) is 10.9. The molecule has 1 aromatic carbocycles. The van der Waals surface area contributed by atoms with Crippen LogP contribution in [0.1, 0.15) is 31.2 Å². The number of likely N-dealkylation sites (tertiary alicyclic amines) is 1. The maximum Gasteiger partial charge on any atom is 0.190 e. The fourth-order valence-electron chi connectivity index (χ4n) is 3.47. The highest BCUT2D eigenvalue weighted by Gasteiger charge is 2.34. The molecular weight excluding hydrogens is 482 g/mol. The average Bonchev–Trinajstić information content (AvgIpc) is 3.34. The molecule has 0 amide bonds. The summed E-state index contributed by atoms with van der Waals surface area (Å²) < 4.78 is 0. The minimum atomic E-state index is 0. The Morgan fingerprint density at radius 2 is 2.04 bits per heavy atom. The smallest absolute Gasteiger partial charge is 0.190 e. The lowest BCUT2D eigenvalue weighted by Gasteiger charge is -2.17. The molecule has 1 aromatic rings. The van der Waals surface area contributed by atoms with Crippen molar-refractivity contribution < 1.29 is 0 Å². The second-order valence-corrected chi connectivity index (χ2v) is 7.94. The number of rotatable bonds is 7. The normalized spacial score (nSPS) is 20.7. The Morgan fingerprint density at radius 3 is 2.73 bits per heavy atom. The summed E-state index contributed by atoms with van der Waals surface area (Å²) in [6.45, 7) is 4.39. The van der Waals surface area contributed by atoms with Crippen LogP contribution < -0.4 is 10.6 Å². The fourth-order valence-corrected chi connectivity index (χ4v) is 3.98. The van der Waals surface area contributed by atoms with Crippen molar-refractivity contribution in [1.29, 1.82) is 0 Å². The number of hydrogen-bond donors (Lipinski definition) is 2. The molecule has 0 bridgehead atoms.